The van der Waals surface area contributed by atoms with Crippen LogP contribution in [0.4, 0.5) is 11.4 Å². The molecule has 1 saturated heterocycles. The van der Waals surface area contributed by atoms with Crippen LogP contribution in [-0.2, 0) is 9.59 Å². The van der Waals surface area contributed by atoms with Crippen molar-refractivity contribution in [3.8, 4) is 5.75 Å². The Morgan fingerprint density at radius 1 is 1.21 bits per heavy atom. The minimum Gasteiger partial charge on any atom is -0.497 e. The van der Waals surface area contributed by atoms with Crippen LogP contribution >= 0.6 is 11.8 Å². The first-order valence-corrected chi connectivity index (χ1v) is 9.78. The highest BCUT2D eigenvalue weighted by Crippen LogP contribution is 2.33. The fraction of sp³-hybridized carbons (Fsp3) is 0.250. The number of thioether (sulfide) groups is 1. The van der Waals surface area contributed by atoms with Crippen molar-refractivity contribution in [2.75, 3.05) is 30.7 Å². The number of rotatable bonds is 5. The lowest BCUT2D eigenvalue weighted by atomic mass is 10.2. The Morgan fingerprint density at radius 2 is 1.96 bits per heavy atom. The summed E-state index contributed by atoms with van der Waals surface area (Å²) in [5, 5.41) is 3.07. The molecule has 144 valence electrons. The summed E-state index contributed by atoms with van der Waals surface area (Å²) in [5.41, 5.74) is 1.69. The maximum Gasteiger partial charge on any atom is 0.244 e. The molecular weight excluding hydrogens is 376 g/mol. The van der Waals surface area contributed by atoms with Crippen LogP contribution < -0.4 is 15.0 Å². The Balaban J connectivity index is 1.39. The number of hydrogen-bond donors (Lipinski definition) is 1. The molecular formula is C20H20N4O3S. The van der Waals surface area contributed by atoms with Crippen LogP contribution in [0.1, 0.15) is 6.42 Å². The first-order valence-electron chi connectivity index (χ1n) is 8.90. The molecule has 0 radical (unpaired) electrons. The van der Waals surface area contributed by atoms with E-state index in [0.29, 0.717) is 18.5 Å². The smallest absolute Gasteiger partial charge is 0.244 e. The van der Waals surface area contributed by atoms with Crippen LogP contribution in [0.3, 0.4) is 0 Å². The van der Waals surface area contributed by atoms with Crippen LogP contribution in [0, 0.1) is 0 Å². The van der Waals surface area contributed by atoms with Gasteiger partial charge in [-0.25, -0.2) is 4.99 Å². The Hall–Kier alpha value is -3.00. The molecule has 2 aliphatic rings. The van der Waals surface area contributed by atoms with Gasteiger partial charge in [0, 0.05) is 17.8 Å². The zero-order valence-corrected chi connectivity index (χ0v) is 16.2. The SMILES string of the molecule is COc1ccc(N2CN=C3SC(CC(=O)Nc4ccccc4)C(=O)N3C2)cc1. The van der Waals surface area contributed by atoms with Gasteiger partial charge < -0.3 is 15.0 Å². The average Bonchev–Trinajstić information content (AvgIpc) is 3.03. The van der Waals surface area contributed by atoms with Crippen molar-refractivity contribution < 1.29 is 14.3 Å². The zero-order valence-electron chi connectivity index (χ0n) is 15.4. The van der Waals surface area contributed by atoms with Gasteiger partial charge in [0.25, 0.3) is 0 Å². The van der Waals surface area contributed by atoms with E-state index < -0.39 is 5.25 Å². The van der Waals surface area contributed by atoms with Gasteiger partial charge in [-0.3, -0.25) is 14.5 Å². The first kappa shape index (κ1) is 18.4. The number of methoxy groups -OCH3 is 1. The second kappa shape index (κ2) is 7.93. The predicted molar refractivity (Wildman–Crippen MR) is 111 cm³/mol. The quantitative estimate of drug-likeness (QED) is 0.841. The van der Waals surface area contributed by atoms with Crippen molar-refractivity contribution in [3.63, 3.8) is 0 Å². The minimum atomic E-state index is -0.446. The molecule has 8 heteroatoms. The molecule has 1 fully saturated rings. The standard InChI is InChI=1S/C20H20N4O3S/c1-27-16-9-7-15(8-10-16)23-12-21-20-24(13-23)19(26)17(28-20)11-18(25)22-14-5-3-2-4-6-14/h2-10,17H,11-13H2,1H3,(H,22,25). The van der Waals surface area contributed by atoms with Gasteiger partial charge in [0.2, 0.25) is 11.8 Å². The van der Waals surface area contributed by atoms with Crippen LogP contribution in [0.25, 0.3) is 0 Å². The number of amidine groups is 1. The Kier molecular flexibility index (Phi) is 5.21. The van der Waals surface area contributed by atoms with E-state index >= 15 is 0 Å². The maximum atomic E-state index is 12.8. The van der Waals surface area contributed by atoms with Gasteiger partial charge in [0.15, 0.2) is 5.17 Å². The van der Waals surface area contributed by atoms with Crippen LogP contribution in [-0.4, -0.2) is 47.6 Å². The molecule has 0 saturated carbocycles. The number of aliphatic imine (C=N–C) groups is 1. The number of ether oxygens (including phenoxy) is 1. The number of nitrogens with zero attached hydrogens (tertiary/aromatic N) is 3. The lowest BCUT2D eigenvalue weighted by Gasteiger charge is -2.32. The van der Waals surface area contributed by atoms with E-state index in [1.807, 2.05) is 59.5 Å². The molecule has 1 unspecified atom stereocenters. The molecule has 28 heavy (non-hydrogen) atoms. The number of benzene rings is 2. The molecule has 2 heterocycles. The van der Waals surface area contributed by atoms with Gasteiger partial charge in [-0.1, -0.05) is 30.0 Å². The van der Waals surface area contributed by atoms with E-state index in [0.717, 1.165) is 17.1 Å². The second-order valence-corrected chi connectivity index (χ2v) is 7.62. The van der Waals surface area contributed by atoms with E-state index in [2.05, 4.69) is 10.3 Å². The molecule has 0 spiro atoms. The maximum absolute atomic E-state index is 12.8. The summed E-state index contributed by atoms with van der Waals surface area (Å²) in [7, 11) is 1.63. The minimum absolute atomic E-state index is 0.0785. The number of anilines is 2. The summed E-state index contributed by atoms with van der Waals surface area (Å²) in [5.74, 6) is 0.525. The summed E-state index contributed by atoms with van der Waals surface area (Å²) in [4.78, 5) is 33.3. The third-order valence-corrected chi connectivity index (χ3v) is 5.79. The largest absolute Gasteiger partial charge is 0.497 e. The second-order valence-electron chi connectivity index (χ2n) is 6.45. The number of carbonyl (C=O) groups excluding carboxylic acids is 2. The Morgan fingerprint density at radius 3 is 2.68 bits per heavy atom. The van der Waals surface area contributed by atoms with E-state index in [-0.39, 0.29) is 18.2 Å². The Bertz CT molecular complexity index is 901. The predicted octanol–water partition coefficient (Wildman–Crippen LogP) is 2.76. The molecule has 2 aromatic carbocycles. The van der Waals surface area contributed by atoms with Gasteiger partial charge in [0.05, 0.1) is 7.11 Å². The number of amides is 2. The van der Waals surface area contributed by atoms with E-state index in [4.69, 9.17) is 4.74 Å². The molecule has 0 aliphatic carbocycles. The molecule has 1 atom stereocenters. The number of nitrogens with one attached hydrogen (secondary N) is 1. The van der Waals surface area contributed by atoms with Crippen molar-refractivity contribution in [1.29, 1.82) is 0 Å². The molecule has 0 aromatic heterocycles. The molecule has 2 aromatic rings. The first-order chi connectivity index (χ1) is 13.6. The number of carbonyl (C=O) groups is 2. The highest BCUT2D eigenvalue weighted by atomic mass is 32.2. The molecule has 4 rings (SSSR count). The molecule has 0 bridgehead atoms. The average molecular weight is 396 g/mol. The topological polar surface area (TPSA) is 74.2 Å². The summed E-state index contributed by atoms with van der Waals surface area (Å²) in [6.07, 6.45) is 0.121. The molecule has 2 aliphatic heterocycles. The summed E-state index contributed by atoms with van der Waals surface area (Å²) in [6, 6.07) is 16.9. The normalized spacial score (nSPS) is 18.5. The summed E-state index contributed by atoms with van der Waals surface area (Å²) >= 11 is 1.36. The third kappa shape index (κ3) is 3.82. The number of fused-ring (bicyclic) bond motifs is 1. The molecule has 1 N–H and O–H groups in total. The van der Waals surface area contributed by atoms with E-state index in [1.165, 1.54) is 11.8 Å². The van der Waals surface area contributed by atoms with Gasteiger partial charge in [-0.2, -0.15) is 0 Å². The van der Waals surface area contributed by atoms with Gasteiger partial charge >= 0.3 is 0 Å². The Labute approximate surface area is 167 Å². The highest BCUT2D eigenvalue weighted by molar-refractivity contribution is 8.15. The lowest BCUT2D eigenvalue weighted by molar-refractivity contribution is -0.128. The molecule has 7 nitrogen and oxygen atoms in total. The van der Waals surface area contributed by atoms with Crippen LogP contribution in [0.15, 0.2) is 59.6 Å². The fourth-order valence-electron chi connectivity index (χ4n) is 3.11. The monoisotopic (exact) mass is 396 g/mol. The van der Waals surface area contributed by atoms with Gasteiger partial charge in [-0.05, 0) is 36.4 Å². The molecule has 2 amide bonds. The third-order valence-electron chi connectivity index (χ3n) is 4.57. The van der Waals surface area contributed by atoms with Crippen molar-refractivity contribution in [1.82, 2.24) is 4.90 Å². The van der Waals surface area contributed by atoms with Gasteiger partial charge in [-0.15, -0.1) is 0 Å². The van der Waals surface area contributed by atoms with Crippen molar-refractivity contribution >= 4 is 40.1 Å². The van der Waals surface area contributed by atoms with Crippen LogP contribution in [0.5, 0.6) is 5.75 Å². The van der Waals surface area contributed by atoms with Crippen molar-refractivity contribution in [2.45, 2.75) is 11.7 Å². The highest BCUT2D eigenvalue weighted by Gasteiger charge is 2.41. The zero-order chi connectivity index (χ0) is 19.5. The number of hydrogen-bond acceptors (Lipinski definition) is 6. The van der Waals surface area contributed by atoms with E-state index in [1.54, 1.807) is 12.0 Å². The van der Waals surface area contributed by atoms with E-state index in [9.17, 15) is 9.59 Å². The summed E-state index contributed by atoms with van der Waals surface area (Å²) in [6.45, 7) is 0.898. The fourth-order valence-corrected chi connectivity index (χ4v) is 4.24. The van der Waals surface area contributed by atoms with Gasteiger partial charge in [0.1, 0.15) is 24.3 Å². The lowest BCUT2D eigenvalue weighted by Crippen LogP contribution is -2.46. The van der Waals surface area contributed by atoms with Crippen molar-refractivity contribution in [3.05, 3.63) is 54.6 Å². The number of para-hydroxylation sites is 1. The van der Waals surface area contributed by atoms with Crippen molar-refractivity contribution in [2.24, 2.45) is 4.99 Å². The van der Waals surface area contributed by atoms with Crippen LogP contribution in [0.2, 0.25) is 0 Å². The summed E-state index contributed by atoms with van der Waals surface area (Å²) < 4.78 is 5.18.